The predicted molar refractivity (Wildman–Crippen MR) is 86.6 cm³/mol. The first-order chi connectivity index (χ1) is 11.4. The zero-order chi connectivity index (χ0) is 19.1. The van der Waals surface area contributed by atoms with Crippen LogP contribution in [0.1, 0.15) is 39.5 Å². The van der Waals surface area contributed by atoms with Crippen LogP contribution in [0, 0.1) is 32.6 Å². The number of nitrogens with zero attached hydrogens (tertiary/aromatic N) is 1. The number of aryl methyl sites for hydroxylation is 2. The largest absolute Gasteiger partial charge is 0.481 e. The lowest BCUT2D eigenvalue weighted by Crippen LogP contribution is -2.33. The fraction of sp³-hybridized carbons (Fsp3) is 0.556. The van der Waals surface area contributed by atoms with E-state index in [2.05, 4.69) is 0 Å². The molecule has 0 bridgehead atoms. The van der Waals surface area contributed by atoms with Gasteiger partial charge in [0.05, 0.1) is 11.8 Å². The van der Waals surface area contributed by atoms with Gasteiger partial charge in [-0.25, -0.2) is 0 Å². The maximum Gasteiger partial charge on any atom is 0.393 e. The molecule has 1 heterocycles. The molecule has 2 atom stereocenters. The molecule has 1 aliphatic heterocycles. The third-order valence-electron chi connectivity index (χ3n) is 5.00. The van der Waals surface area contributed by atoms with Gasteiger partial charge in [-0.3, -0.25) is 14.5 Å². The molecule has 1 aromatic carbocycles. The maximum absolute atomic E-state index is 13.1. The molecule has 1 saturated heterocycles. The molecule has 0 aliphatic carbocycles. The number of alkyl halides is 3. The Morgan fingerprint density at radius 2 is 1.80 bits per heavy atom. The van der Waals surface area contributed by atoms with Crippen LogP contribution in [0.25, 0.3) is 0 Å². The van der Waals surface area contributed by atoms with Crippen molar-refractivity contribution >= 4 is 11.8 Å². The van der Waals surface area contributed by atoms with Crippen LogP contribution >= 0.6 is 0 Å². The van der Waals surface area contributed by atoms with Crippen molar-refractivity contribution < 1.29 is 27.9 Å². The summed E-state index contributed by atoms with van der Waals surface area (Å²) in [7, 11) is 0. The van der Waals surface area contributed by atoms with Crippen molar-refractivity contribution in [1.29, 1.82) is 0 Å². The zero-order valence-electron chi connectivity index (χ0n) is 14.7. The number of carboxylic acid groups (broad SMARTS) is 1. The summed E-state index contributed by atoms with van der Waals surface area (Å²) < 4.78 is 39.4. The second kappa shape index (κ2) is 6.78. The van der Waals surface area contributed by atoms with Gasteiger partial charge in [0.25, 0.3) is 0 Å². The number of carbonyl (C=O) groups is 2. The van der Waals surface area contributed by atoms with Gasteiger partial charge in [0, 0.05) is 25.2 Å². The number of likely N-dealkylation sites (tertiary alicyclic amines) is 1. The Labute approximate surface area is 144 Å². The standard InChI is InChI=1S/C18H22F3NO3/c1-9-5-10(2)16(12(4)23)11(3)13(9)6-22-7-14(17(24)25)15(8-22)18(19,20)21/h5,14-15H,6-8H2,1-4H3,(H,24,25)/t14-,15-/m1/s1. The zero-order valence-corrected chi connectivity index (χ0v) is 14.7. The lowest BCUT2D eigenvalue weighted by Gasteiger charge is -2.22. The number of hydrogen-bond donors (Lipinski definition) is 1. The normalized spacial score (nSPS) is 21.6. The number of ketones is 1. The van der Waals surface area contributed by atoms with Crippen LogP contribution in [-0.4, -0.2) is 41.0 Å². The van der Waals surface area contributed by atoms with E-state index in [-0.39, 0.29) is 25.4 Å². The topological polar surface area (TPSA) is 57.6 Å². The quantitative estimate of drug-likeness (QED) is 0.838. The van der Waals surface area contributed by atoms with Gasteiger partial charge in [-0.1, -0.05) is 6.07 Å². The molecule has 0 aromatic heterocycles. The fourth-order valence-electron chi connectivity index (χ4n) is 3.83. The highest BCUT2D eigenvalue weighted by Crippen LogP contribution is 2.38. The number of halogens is 3. The van der Waals surface area contributed by atoms with Crippen LogP contribution < -0.4 is 0 Å². The minimum absolute atomic E-state index is 0.0887. The number of benzene rings is 1. The SMILES string of the molecule is CC(=O)c1c(C)cc(C)c(CN2C[C@@H](C(F)(F)F)[C@H](C(=O)O)C2)c1C. The lowest BCUT2D eigenvalue weighted by molar-refractivity contribution is -0.188. The van der Waals surface area contributed by atoms with Gasteiger partial charge in [-0.15, -0.1) is 0 Å². The van der Waals surface area contributed by atoms with Crippen molar-refractivity contribution in [3.8, 4) is 0 Å². The van der Waals surface area contributed by atoms with Gasteiger partial charge in [-0.05, 0) is 49.9 Å². The molecule has 1 aliphatic rings. The van der Waals surface area contributed by atoms with E-state index < -0.39 is 24.0 Å². The summed E-state index contributed by atoms with van der Waals surface area (Å²) in [5, 5.41) is 9.12. The van der Waals surface area contributed by atoms with Crippen LogP contribution in [0.2, 0.25) is 0 Å². The molecule has 4 nitrogen and oxygen atoms in total. The lowest BCUT2D eigenvalue weighted by atomic mass is 9.91. The molecule has 7 heteroatoms. The van der Waals surface area contributed by atoms with Crippen LogP contribution in [-0.2, 0) is 11.3 Å². The second-order valence-electron chi connectivity index (χ2n) is 6.83. The molecule has 0 saturated carbocycles. The average Bonchev–Trinajstić information content (AvgIpc) is 2.87. The molecule has 1 fully saturated rings. The Hall–Kier alpha value is -1.89. The Morgan fingerprint density at radius 3 is 2.24 bits per heavy atom. The predicted octanol–water partition coefficient (Wildman–Crippen LogP) is 3.51. The molecule has 1 aromatic rings. The van der Waals surface area contributed by atoms with Crippen molar-refractivity contribution in [1.82, 2.24) is 4.90 Å². The Bertz CT molecular complexity index is 712. The summed E-state index contributed by atoms with van der Waals surface area (Å²) in [6.45, 7) is 6.64. The van der Waals surface area contributed by atoms with Gasteiger partial charge < -0.3 is 5.11 Å². The van der Waals surface area contributed by atoms with E-state index in [1.54, 1.807) is 6.92 Å². The summed E-state index contributed by atoms with van der Waals surface area (Å²) >= 11 is 0. The number of Topliss-reactive ketones (excluding diaryl/α,β-unsaturated/α-hetero) is 1. The molecule has 2 rings (SSSR count). The van der Waals surface area contributed by atoms with Gasteiger partial charge >= 0.3 is 12.1 Å². The highest BCUT2D eigenvalue weighted by Gasteiger charge is 2.52. The minimum Gasteiger partial charge on any atom is -0.481 e. The number of rotatable bonds is 4. The molecule has 1 N–H and O–H groups in total. The Morgan fingerprint density at radius 1 is 1.20 bits per heavy atom. The first-order valence-corrected chi connectivity index (χ1v) is 8.06. The summed E-state index contributed by atoms with van der Waals surface area (Å²) in [6.07, 6.45) is -4.54. The molecule has 0 amide bonds. The van der Waals surface area contributed by atoms with Gasteiger partial charge in [0.1, 0.15) is 0 Å². The van der Waals surface area contributed by atoms with E-state index in [1.165, 1.54) is 11.8 Å². The smallest absolute Gasteiger partial charge is 0.393 e. The second-order valence-corrected chi connectivity index (χ2v) is 6.83. The van der Waals surface area contributed by atoms with E-state index in [4.69, 9.17) is 5.11 Å². The summed E-state index contributed by atoms with van der Waals surface area (Å²) in [4.78, 5) is 24.6. The third kappa shape index (κ3) is 3.86. The van der Waals surface area contributed by atoms with Crippen molar-refractivity contribution in [2.45, 2.75) is 40.4 Å². The van der Waals surface area contributed by atoms with E-state index in [1.807, 2.05) is 19.9 Å². The first kappa shape index (κ1) is 19.4. The molecule has 0 spiro atoms. The van der Waals surface area contributed by atoms with Crippen LogP contribution in [0.15, 0.2) is 6.07 Å². The van der Waals surface area contributed by atoms with Crippen LogP contribution in [0.3, 0.4) is 0 Å². The highest BCUT2D eigenvalue weighted by atomic mass is 19.4. The van der Waals surface area contributed by atoms with E-state index in [0.29, 0.717) is 5.56 Å². The number of carbonyl (C=O) groups excluding carboxylic acids is 1. The van der Waals surface area contributed by atoms with Crippen LogP contribution in [0.5, 0.6) is 0 Å². The molecular formula is C18H22F3NO3. The highest BCUT2D eigenvalue weighted by molar-refractivity contribution is 5.97. The average molecular weight is 357 g/mol. The monoisotopic (exact) mass is 357 g/mol. The van der Waals surface area contributed by atoms with Gasteiger partial charge in [0.2, 0.25) is 0 Å². The summed E-state index contributed by atoms with van der Waals surface area (Å²) in [5.41, 5.74) is 3.86. The summed E-state index contributed by atoms with van der Waals surface area (Å²) in [5.74, 6) is -4.84. The van der Waals surface area contributed by atoms with E-state index in [9.17, 15) is 22.8 Å². The Kier molecular flexibility index (Phi) is 5.27. The molecule has 0 radical (unpaired) electrons. The fourth-order valence-corrected chi connectivity index (χ4v) is 3.83. The van der Waals surface area contributed by atoms with Gasteiger partial charge in [0.15, 0.2) is 5.78 Å². The molecule has 25 heavy (non-hydrogen) atoms. The van der Waals surface area contributed by atoms with Crippen LogP contribution in [0.4, 0.5) is 13.2 Å². The first-order valence-electron chi connectivity index (χ1n) is 8.06. The number of hydrogen-bond acceptors (Lipinski definition) is 3. The minimum atomic E-state index is -4.54. The van der Waals surface area contributed by atoms with Gasteiger partial charge in [-0.2, -0.15) is 13.2 Å². The third-order valence-corrected chi connectivity index (χ3v) is 5.00. The maximum atomic E-state index is 13.1. The van der Waals surface area contributed by atoms with Crippen molar-refractivity contribution in [2.75, 3.05) is 13.1 Å². The van der Waals surface area contributed by atoms with E-state index in [0.717, 1.165) is 22.3 Å². The molecule has 138 valence electrons. The summed E-state index contributed by atoms with van der Waals surface area (Å²) in [6, 6.07) is 1.85. The Balaban J connectivity index is 2.33. The van der Waals surface area contributed by atoms with E-state index >= 15 is 0 Å². The number of aliphatic carboxylic acids is 1. The van der Waals surface area contributed by atoms with Crippen molar-refractivity contribution in [3.05, 3.63) is 33.9 Å². The molecule has 0 unspecified atom stereocenters. The van der Waals surface area contributed by atoms with Crippen molar-refractivity contribution in [2.24, 2.45) is 11.8 Å². The molecular weight excluding hydrogens is 335 g/mol. The van der Waals surface area contributed by atoms with Crippen molar-refractivity contribution in [3.63, 3.8) is 0 Å². The number of carboxylic acids is 1.